The van der Waals surface area contributed by atoms with Crippen LogP contribution in [-0.4, -0.2) is 37.3 Å². The van der Waals surface area contributed by atoms with E-state index in [9.17, 15) is 18.3 Å². The van der Waals surface area contributed by atoms with Crippen LogP contribution >= 0.6 is 0 Å². The Hall–Kier alpha value is -1.27. The maximum atomic E-state index is 12.6. The molecule has 0 spiro atoms. The molecular weight excluding hydrogens is 259 g/mol. The third kappa shape index (κ3) is 5.08. The van der Waals surface area contributed by atoms with E-state index in [1.54, 1.807) is 7.11 Å². The van der Waals surface area contributed by atoms with Crippen molar-refractivity contribution in [2.24, 2.45) is 0 Å². The van der Waals surface area contributed by atoms with Gasteiger partial charge in [0.25, 0.3) is 0 Å². The Labute approximate surface area is 110 Å². The number of phenolic OH excluding ortho intramolecular Hbond substituents is 1. The first-order chi connectivity index (χ1) is 8.84. The first-order valence-corrected chi connectivity index (χ1v) is 5.91. The van der Waals surface area contributed by atoms with Gasteiger partial charge in [0.15, 0.2) is 0 Å². The summed E-state index contributed by atoms with van der Waals surface area (Å²) in [5, 5.41) is 9.23. The average Bonchev–Trinajstić information content (AvgIpc) is 2.30. The van der Waals surface area contributed by atoms with Gasteiger partial charge in [-0.15, -0.1) is 0 Å². The van der Waals surface area contributed by atoms with Gasteiger partial charge in [0.2, 0.25) is 0 Å². The molecule has 108 valence electrons. The van der Waals surface area contributed by atoms with Crippen LogP contribution in [-0.2, 0) is 17.5 Å². The van der Waals surface area contributed by atoms with Crippen molar-refractivity contribution in [1.82, 2.24) is 4.90 Å². The molecule has 0 aliphatic rings. The van der Waals surface area contributed by atoms with E-state index in [-0.39, 0.29) is 0 Å². The molecule has 1 aromatic carbocycles. The third-order valence-electron chi connectivity index (χ3n) is 2.71. The predicted octanol–water partition coefficient (Wildman–Crippen LogP) is 2.88. The lowest BCUT2D eigenvalue weighted by Gasteiger charge is -2.17. The number of hydrogen-bond acceptors (Lipinski definition) is 3. The van der Waals surface area contributed by atoms with Gasteiger partial charge in [-0.3, -0.25) is 0 Å². The highest BCUT2D eigenvalue weighted by Crippen LogP contribution is 2.36. The zero-order valence-corrected chi connectivity index (χ0v) is 11.0. The van der Waals surface area contributed by atoms with E-state index in [0.29, 0.717) is 18.7 Å². The van der Waals surface area contributed by atoms with Crippen LogP contribution in [0, 0.1) is 0 Å². The van der Waals surface area contributed by atoms with Gasteiger partial charge < -0.3 is 14.7 Å². The number of ether oxygens (including phenoxy) is 1. The first kappa shape index (κ1) is 15.8. The van der Waals surface area contributed by atoms with Crippen molar-refractivity contribution in [2.45, 2.75) is 19.1 Å². The van der Waals surface area contributed by atoms with Gasteiger partial charge in [-0.25, -0.2) is 0 Å². The monoisotopic (exact) mass is 277 g/mol. The molecule has 6 heteroatoms. The smallest absolute Gasteiger partial charge is 0.419 e. The molecule has 0 atom stereocenters. The summed E-state index contributed by atoms with van der Waals surface area (Å²) in [7, 11) is 3.44. The van der Waals surface area contributed by atoms with Crippen molar-refractivity contribution in [3.8, 4) is 5.75 Å². The summed E-state index contributed by atoms with van der Waals surface area (Å²) in [4.78, 5) is 1.91. The van der Waals surface area contributed by atoms with Crippen LogP contribution < -0.4 is 0 Å². The molecule has 0 bridgehead atoms. The number of halogens is 3. The van der Waals surface area contributed by atoms with Crippen LogP contribution in [0.1, 0.15) is 17.5 Å². The van der Waals surface area contributed by atoms with Gasteiger partial charge in [-0.2, -0.15) is 13.2 Å². The van der Waals surface area contributed by atoms with Crippen molar-refractivity contribution < 1.29 is 23.0 Å². The Morgan fingerprint density at radius 2 is 2.00 bits per heavy atom. The summed E-state index contributed by atoms with van der Waals surface area (Å²) in [6, 6.07) is 3.57. The number of alkyl halides is 3. The quantitative estimate of drug-likeness (QED) is 0.812. The molecule has 3 nitrogen and oxygen atoms in total. The minimum Gasteiger partial charge on any atom is -0.507 e. The van der Waals surface area contributed by atoms with Crippen LogP contribution in [0.25, 0.3) is 0 Å². The number of benzene rings is 1. The number of rotatable bonds is 6. The largest absolute Gasteiger partial charge is 0.507 e. The molecule has 0 unspecified atom stereocenters. The predicted molar refractivity (Wildman–Crippen MR) is 65.9 cm³/mol. The van der Waals surface area contributed by atoms with Gasteiger partial charge in [-0.05, 0) is 31.2 Å². The summed E-state index contributed by atoms with van der Waals surface area (Å²) < 4.78 is 42.8. The van der Waals surface area contributed by atoms with Crippen LogP contribution in [0.4, 0.5) is 13.2 Å². The molecule has 0 saturated carbocycles. The van der Waals surface area contributed by atoms with E-state index in [1.165, 1.54) is 6.07 Å². The zero-order valence-electron chi connectivity index (χ0n) is 11.0. The molecule has 1 aromatic rings. The number of methoxy groups -OCH3 is 1. The van der Waals surface area contributed by atoms with Gasteiger partial charge in [-0.1, -0.05) is 6.07 Å². The fourth-order valence-electron chi connectivity index (χ4n) is 1.78. The highest BCUT2D eigenvalue weighted by atomic mass is 19.4. The lowest BCUT2D eigenvalue weighted by atomic mass is 10.1. The normalized spacial score (nSPS) is 12.1. The van der Waals surface area contributed by atoms with Crippen molar-refractivity contribution >= 4 is 0 Å². The Balaban J connectivity index is 2.69. The molecule has 1 N–H and O–H groups in total. The molecule has 0 aliphatic heterocycles. The van der Waals surface area contributed by atoms with Crippen molar-refractivity contribution in [1.29, 1.82) is 0 Å². The molecule has 0 aliphatic carbocycles. The van der Waals surface area contributed by atoms with E-state index >= 15 is 0 Å². The fourth-order valence-corrected chi connectivity index (χ4v) is 1.78. The molecule has 0 radical (unpaired) electrons. The van der Waals surface area contributed by atoms with Crippen molar-refractivity contribution in [3.63, 3.8) is 0 Å². The number of nitrogens with zero attached hydrogens (tertiary/aromatic N) is 1. The molecule has 0 heterocycles. The van der Waals surface area contributed by atoms with Gasteiger partial charge in [0.1, 0.15) is 5.75 Å². The highest BCUT2D eigenvalue weighted by molar-refractivity contribution is 5.38. The Morgan fingerprint density at radius 1 is 1.32 bits per heavy atom. The maximum absolute atomic E-state index is 12.6. The van der Waals surface area contributed by atoms with E-state index in [4.69, 9.17) is 4.74 Å². The maximum Gasteiger partial charge on any atom is 0.419 e. The van der Waals surface area contributed by atoms with Crippen LogP contribution in [0.5, 0.6) is 5.75 Å². The third-order valence-corrected chi connectivity index (χ3v) is 2.71. The molecular formula is C13H18F3NO2. The minimum atomic E-state index is -4.53. The second-order valence-electron chi connectivity index (χ2n) is 4.43. The lowest BCUT2D eigenvalue weighted by molar-refractivity contribution is -0.138. The van der Waals surface area contributed by atoms with E-state index < -0.39 is 17.5 Å². The summed E-state index contributed by atoms with van der Waals surface area (Å²) in [5.74, 6) is -0.738. The topological polar surface area (TPSA) is 32.7 Å². The lowest BCUT2D eigenvalue weighted by Crippen LogP contribution is -2.20. The SMILES string of the molecule is COCCCN(C)Cc1ccc(O)c(C(F)(F)F)c1. The summed E-state index contributed by atoms with van der Waals surface area (Å²) in [6.07, 6.45) is -3.72. The Kier molecular flexibility index (Phi) is 5.62. The molecule has 1 rings (SSSR count). The standard InChI is InChI=1S/C13H18F3NO2/c1-17(6-3-7-19-2)9-10-4-5-12(18)11(8-10)13(14,15)16/h4-5,8,18H,3,6-7,9H2,1-2H3. The average molecular weight is 277 g/mol. The number of phenols is 1. The van der Waals surface area contributed by atoms with Crippen LogP contribution in [0.15, 0.2) is 18.2 Å². The summed E-state index contributed by atoms with van der Waals surface area (Å²) in [6.45, 7) is 1.75. The Morgan fingerprint density at radius 3 is 2.58 bits per heavy atom. The van der Waals surface area contributed by atoms with Gasteiger partial charge >= 0.3 is 6.18 Å². The highest BCUT2D eigenvalue weighted by Gasteiger charge is 2.33. The summed E-state index contributed by atoms with van der Waals surface area (Å²) in [5.41, 5.74) is -0.472. The Bertz CT molecular complexity index is 407. The molecule has 19 heavy (non-hydrogen) atoms. The van der Waals surface area contributed by atoms with Crippen molar-refractivity contribution in [3.05, 3.63) is 29.3 Å². The van der Waals surface area contributed by atoms with E-state index in [2.05, 4.69) is 0 Å². The molecule has 0 amide bonds. The van der Waals surface area contributed by atoms with Crippen LogP contribution in [0.3, 0.4) is 0 Å². The number of aromatic hydroxyl groups is 1. The molecule has 0 aromatic heterocycles. The number of hydrogen-bond donors (Lipinski definition) is 1. The minimum absolute atomic E-state index is 0.396. The second kappa shape index (κ2) is 6.77. The van der Waals surface area contributed by atoms with E-state index in [0.717, 1.165) is 25.1 Å². The zero-order chi connectivity index (χ0) is 14.5. The van der Waals surface area contributed by atoms with E-state index in [1.807, 2.05) is 11.9 Å². The first-order valence-electron chi connectivity index (χ1n) is 5.91. The van der Waals surface area contributed by atoms with Crippen molar-refractivity contribution in [2.75, 3.05) is 27.3 Å². The van der Waals surface area contributed by atoms with Crippen LogP contribution in [0.2, 0.25) is 0 Å². The summed E-state index contributed by atoms with van der Waals surface area (Å²) >= 11 is 0. The fraction of sp³-hybridized carbons (Fsp3) is 0.538. The second-order valence-corrected chi connectivity index (χ2v) is 4.43. The molecule has 0 fully saturated rings. The van der Waals surface area contributed by atoms with Gasteiger partial charge in [0.05, 0.1) is 5.56 Å². The molecule has 0 saturated heterocycles. The van der Waals surface area contributed by atoms with Gasteiger partial charge in [0, 0.05) is 26.8 Å².